The molecule has 8 nitrogen and oxygen atoms in total. The number of fused-ring (bicyclic) bond motifs is 2. The summed E-state index contributed by atoms with van der Waals surface area (Å²) in [5.74, 6) is -0.898. The molecule has 10 heteroatoms. The molecule has 1 atom stereocenters. The van der Waals surface area contributed by atoms with Gasteiger partial charge in [-0.25, -0.2) is 4.21 Å². The van der Waals surface area contributed by atoms with Crippen molar-refractivity contribution in [2.24, 2.45) is 0 Å². The number of nitro benzene ring substituents is 1. The molecule has 4 aromatic rings. The Morgan fingerprint density at radius 1 is 0.946 bits per heavy atom. The third kappa shape index (κ3) is 4.87. The van der Waals surface area contributed by atoms with E-state index in [0.29, 0.717) is 26.1 Å². The molecule has 1 aliphatic heterocycles. The SMILES string of the molecule is O=C(Nc1cccc([N+](=O)[O-])c1)c1ccc2c(c1)N(Cc1cccc(Cl)c1)C(=O)c1ccccc1[S@]2=O. The lowest BCUT2D eigenvalue weighted by Crippen LogP contribution is -2.30. The van der Waals surface area contributed by atoms with Crippen LogP contribution in [0, 0.1) is 10.1 Å². The summed E-state index contributed by atoms with van der Waals surface area (Å²) < 4.78 is 13.5. The van der Waals surface area contributed by atoms with Crippen molar-refractivity contribution in [3.05, 3.63) is 123 Å². The first-order chi connectivity index (χ1) is 17.8. The number of hydrogen-bond donors (Lipinski definition) is 1. The van der Waals surface area contributed by atoms with E-state index < -0.39 is 21.6 Å². The zero-order valence-electron chi connectivity index (χ0n) is 19.1. The van der Waals surface area contributed by atoms with Crippen molar-refractivity contribution < 1.29 is 18.7 Å². The number of nitro groups is 1. The van der Waals surface area contributed by atoms with E-state index in [4.69, 9.17) is 11.6 Å². The van der Waals surface area contributed by atoms with Gasteiger partial charge in [0.2, 0.25) is 0 Å². The third-order valence-electron chi connectivity index (χ3n) is 5.82. The topological polar surface area (TPSA) is 110 Å². The Labute approximate surface area is 219 Å². The summed E-state index contributed by atoms with van der Waals surface area (Å²) in [5, 5.41) is 14.2. The summed E-state index contributed by atoms with van der Waals surface area (Å²) in [4.78, 5) is 39.6. The summed E-state index contributed by atoms with van der Waals surface area (Å²) in [6, 6.07) is 23.9. The molecule has 1 heterocycles. The largest absolute Gasteiger partial charge is 0.322 e. The first-order valence-corrected chi connectivity index (χ1v) is 12.6. The van der Waals surface area contributed by atoms with Gasteiger partial charge in [0.15, 0.2) is 0 Å². The fourth-order valence-corrected chi connectivity index (χ4v) is 5.64. The van der Waals surface area contributed by atoms with E-state index in [1.165, 1.54) is 41.3 Å². The predicted octanol–water partition coefficient (Wildman–Crippen LogP) is 5.83. The molecule has 37 heavy (non-hydrogen) atoms. The summed E-state index contributed by atoms with van der Waals surface area (Å²) >= 11 is 6.16. The minimum Gasteiger partial charge on any atom is -0.322 e. The van der Waals surface area contributed by atoms with Gasteiger partial charge in [0, 0.05) is 28.4 Å². The van der Waals surface area contributed by atoms with Crippen molar-refractivity contribution in [3.8, 4) is 0 Å². The minimum atomic E-state index is -1.67. The van der Waals surface area contributed by atoms with Crippen LogP contribution in [0.5, 0.6) is 0 Å². The smallest absolute Gasteiger partial charge is 0.271 e. The Hall–Kier alpha value is -4.34. The Morgan fingerprint density at radius 2 is 1.73 bits per heavy atom. The van der Waals surface area contributed by atoms with Crippen LogP contribution in [0.25, 0.3) is 0 Å². The van der Waals surface area contributed by atoms with Crippen LogP contribution < -0.4 is 10.2 Å². The number of non-ortho nitro benzene ring substituents is 1. The van der Waals surface area contributed by atoms with Crippen LogP contribution in [0.3, 0.4) is 0 Å². The van der Waals surface area contributed by atoms with Gasteiger partial charge in [-0.3, -0.25) is 19.7 Å². The lowest BCUT2D eigenvalue weighted by Gasteiger charge is -2.23. The highest BCUT2D eigenvalue weighted by molar-refractivity contribution is 7.85. The summed E-state index contributed by atoms with van der Waals surface area (Å²) in [6.45, 7) is 0.133. The van der Waals surface area contributed by atoms with Crippen LogP contribution in [0.2, 0.25) is 5.02 Å². The number of carbonyl (C=O) groups is 2. The lowest BCUT2D eigenvalue weighted by atomic mass is 10.1. The second-order valence-electron chi connectivity index (χ2n) is 8.23. The average molecular weight is 532 g/mol. The van der Waals surface area contributed by atoms with Gasteiger partial charge in [-0.15, -0.1) is 0 Å². The summed E-state index contributed by atoms with van der Waals surface area (Å²) in [5.41, 5.74) is 1.66. The van der Waals surface area contributed by atoms with E-state index >= 15 is 0 Å². The van der Waals surface area contributed by atoms with E-state index in [9.17, 15) is 23.9 Å². The van der Waals surface area contributed by atoms with Crippen LogP contribution in [0.15, 0.2) is 101 Å². The van der Waals surface area contributed by atoms with Gasteiger partial charge >= 0.3 is 0 Å². The number of nitrogens with one attached hydrogen (secondary N) is 1. The highest BCUT2D eigenvalue weighted by Gasteiger charge is 2.31. The van der Waals surface area contributed by atoms with Gasteiger partial charge in [0.25, 0.3) is 17.5 Å². The number of anilines is 2. The number of nitrogens with zero attached hydrogens (tertiary/aromatic N) is 2. The molecule has 0 fully saturated rings. The summed E-state index contributed by atoms with van der Waals surface area (Å²) in [7, 11) is -1.67. The van der Waals surface area contributed by atoms with E-state index in [1.807, 2.05) is 6.07 Å². The molecule has 0 bridgehead atoms. The molecular weight excluding hydrogens is 514 g/mol. The minimum absolute atomic E-state index is 0.133. The highest BCUT2D eigenvalue weighted by Crippen LogP contribution is 2.36. The predicted molar refractivity (Wildman–Crippen MR) is 141 cm³/mol. The fourth-order valence-electron chi connectivity index (χ4n) is 4.08. The van der Waals surface area contributed by atoms with E-state index in [1.54, 1.807) is 48.5 Å². The molecule has 0 saturated carbocycles. The summed E-state index contributed by atoms with van der Waals surface area (Å²) in [6.07, 6.45) is 0. The number of amides is 2. The van der Waals surface area contributed by atoms with Gasteiger partial charge in [0.1, 0.15) is 0 Å². The van der Waals surface area contributed by atoms with Crippen LogP contribution in [0.1, 0.15) is 26.3 Å². The number of benzene rings is 4. The van der Waals surface area contributed by atoms with Crippen molar-refractivity contribution in [2.75, 3.05) is 10.2 Å². The van der Waals surface area contributed by atoms with Gasteiger partial charge < -0.3 is 10.2 Å². The fraction of sp³-hybridized carbons (Fsp3) is 0.0370. The molecule has 0 spiro atoms. The lowest BCUT2D eigenvalue weighted by molar-refractivity contribution is -0.384. The molecule has 2 amide bonds. The maximum atomic E-state index is 13.7. The molecule has 0 radical (unpaired) electrons. The van der Waals surface area contributed by atoms with Crippen molar-refractivity contribution in [3.63, 3.8) is 0 Å². The zero-order valence-corrected chi connectivity index (χ0v) is 20.7. The molecule has 5 rings (SSSR count). The van der Waals surface area contributed by atoms with Gasteiger partial charge in [-0.1, -0.05) is 41.9 Å². The molecule has 0 unspecified atom stereocenters. The zero-order chi connectivity index (χ0) is 26.1. The van der Waals surface area contributed by atoms with E-state index in [0.717, 1.165) is 5.56 Å². The van der Waals surface area contributed by atoms with Crippen molar-refractivity contribution >= 4 is 51.3 Å². The first kappa shape index (κ1) is 24.4. The van der Waals surface area contributed by atoms with Crippen LogP contribution >= 0.6 is 11.6 Å². The van der Waals surface area contributed by atoms with Gasteiger partial charge in [0.05, 0.1) is 43.3 Å². The van der Waals surface area contributed by atoms with Crippen LogP contribution in [-0.2, 0) is 17.3 Å². The van der Waals surface area contributed by atoms with Crippen molar-refractivity contribution in [1.82, 2.24) is 0 Å². The van der Waals surface area contributed by atoms with E-state index in [2.05, 4.69) is 5.32 Å². The maximum absolute atomic E-state index is 13.7. The molecule has 184 valence electrons. The Bertz CT molecular complexity index is 1610. The standard InChI is InChI=1S/C27H18ClN3O5S/c28-19-6-3-5-17(13-19)16-30-23-14-18(26(32)29-20-7-4-8-21(15-20)31(34)35)11-12-25(23)37(36)24-10-2-1-9-22(24)27(30)33/h1-15H,16H2,(H,29,32)/t37-/m1/s1. The second-order valence-corrected chi connectivity index (χ2v) is 10.1. The molecule has 4 aromatic carbocycles. The van der Waals surface area contributed by atoms with Crippen molar-refractivity contribution in [2.45, 2.75) is 16.3 Å². The second kappa shape index (κ2) is 9.96. The monoisotopic (exact) mass is 531 g/mol. The van der Waals surface area contributed by atoms with Gasteiger partial charge in [-0.05, 0) is 54.1 Å². The van der Waals surface area contributed by atoms with Crippen LogP contribution in [-0.4, -0.2) is 20.9 Å². The molecule has 1 N–H and O–H groups in total. The first-order valence-electron chi connectivity index (χ1n) is 11.1. The van der Waals surface area contributed by atoms with Crippen LogP contribution in [0.4, 0.5) is 17.1 Å². The molecule has 0 aliphatic carbocycles. The van der Waals surface area contributed by atoms with Crippen molar-refractivity contribution in [1.29, 1.82) is 0 Å². The number of carbonyl (C=O) groups excluding carboxylic acids is 2. The van der Waals surface area contributed by atoms with E-state index in [-0.39, 0.29) is 29.4 Å². The number of halogens is 1. The highest BCUT2D eigenvalue weighted by atomic mass is 35.5. The molecule has 0 saturated heterocycles. The molecule has 0 aromatic heterocycles. The normalized spacial score (nSPS) is 14.4. The number of hydrogen-bond acceptors (Lipinski definition) is 5. The Kier molecular flexibility index (Phi) is 6.56. The number of rotatable bonds is 5. The third-order valence-corrected chi connectivity index (χ3v) is 7.55. The quantitative estimate of drug-likeness (QED) is 0.257. The maximum Gasteiger partial charge on any atom is 0.271 e. The van der Waals surface area contributed by atoms with Gasteiger partial charge in [-0.2, -0.15) is 0 Å². The molecule has 1 aliphatic rings. The average Bonchev–Trinajstić information content (AvgIpc) is 2.98. The Balaban J connectivity index is 1.57. The molecular formula is C27H18ClN3O5S. The Morgan fingerprint density at radius 3 is 2.51 bits per heavy atom.